The predicted molar refractivity (Wildman–Crippen MR) is 88.6 cm³/mol. The smallest absolute Gasteiger partial charge is 0.207 e. The van der Waals surface area contributed by atoms with E-state index in [1.165, 1.54) is 0 Å². The molecule has 3 aromatic rings. The average molecular weight is 311 g/mol. The Balaban J connectivity index is 2.12. The molecule has 3 nitrogen and oxygen atoms in total. The fourth-order valence-corrected chi connectivity index (χ4v) is 4.03. The molecule has 22 heavy (non-hydrogen) atoms. The summed E-state index contributed by atoms with van der Waals surface area (Å²) in [5, 5.41) is 4.73. The third-order valence-electron chi connectivity index (χ3n) is 3.65. The van der Waals surface area contributed by atoms with E-state index in [-0.39, 0.29) is 0 Å². The Bertz CT molecular complexity index is 895. The highest BCUT2D eigenvalue weighted by Crippen LogP contribution is 2.28. The minimum Gasteiger partial charge on any atom is -0.316 e. The molecule has 0 bridgehead atoms. The van der Waals surface area contributed by atoms with Crippen LogP contribution in [0.15, 0.2) is 76.5 Å². The molecule has 0 aliphatic rings. The first kappa shape index (κ1) is 14.8. The molecule has 112 valence electrons. The van der Waals surface area contributed by atoms with Gasteiger partial charge in [0.05, 0.1) is 9.79 Å². The summed E-state index contributed by atoms with van der Waals surface area (Å²) >= 11 is 0. The Morgan fingerprint density at radius 2 is 1.55 bits per heavy atom. The summed E-state index contributed by atoms with van der Waals surface area (Å²) in [5.41, 5.74) is 1.05. The van der Waals surface area contributed by atoms with Crippen LogP contribution in [-0.4, -0.2) is 15.5 Å². The lowest BCUT2D eigenvalue weighted by atomic mass is 10.1. The second kappa shape index (κ2) is 5.91. The van der Waals surface area contributed by atoms with Crippen LogP contribution in [0.3, 0.4) is 0 Å². The van der Waals surface area contributed by atoms with Gasteiger partial charge in [-0.1, -0.05) is 48.5 Å². The molecular formula is C18H17NO2S. The minimum absolute atomic E-state index is 0.323. The number of benzene rings is 3. The molecule has 3 aromatic carbocycles. The van der Waals surface area contributed by atoms with Crippen molar-refractivity contribution in [1.82, 2.24) is 5.32 Å². The van der Waals surface area contributed by atoms with Crippen molar-refractivity contribution in [3.63, 3.8) is 0 Å². The number of hydrogen-bond donors (Lipinski definition) is 1. The van der Waals surface area contributed by atoms with Gasteiger partial charge >= 0.3 is 0 Å². The third kappa shape index (κ3) is 2.63. The Kier molecular flexibility index (Phi) is 3.96. The minimum atomic E-state index is -3.52. The van der Waals surface area contributed by atoms with Crippen molar-refractivity contribution < 1.29 is 8.42 Å². The van der Waals surface area contributed by atoms with E-state index in [4.69, 9.17) is 0 Å². The van der Waals surface area contributed by atoms with E-state index in [1.807, 2.05) is 49.5 Å². The fourth-order valence-electron chi connectivity index (χ4n) is 2.55. The Hall–Kier alpha value is -2.17. The van der Waals surface area contributed by atoms with Gasteiger partial charge in [0, 0.05) is 11.9 Å². The van der Waals surface area contributed by atoms with E-state index in [0.717, 1.165) is 16.3 Å². The highest BCUT2D eigenvalue weighted by molar-refractivity contribution is 7.91. The molecule has 0 unspecified atom stereocenters. The molecule has 0 saturated carbocycles. The highest BCUT2D eigenvalue weighted by Gasteiger charge is 2.19. The maximum absolute atomic E-state index is 12.9. The summed E-state index contributed by atoms with van der Waals surface area (Å²) in [4.78, 5) is 0.677. The van der Waals surface area contributed by atoms with Gasteiger partial charge in [0.1, 0.15) is 0 Å². The van der Waals surface area contributed by atoms with Crippen molar-refractivity contribution in [3.8, 4) is 0 Å². The highest BCUT2D eigenvalue weighted by atomic mass is 32.2. The van der Waals surface area contributed by atoms with Gasteiger partial charge in [-0.25, -0.2) is 8.42 Å². The summed E-state index contributed by atoms with van der Waals surface area (Å²) < 4.78 is 25.8. The first-order valence-electron chi connectivity index (χ1n) is 7.09. The Labute approximate surface area is 130 Å². The molecule has 0 aliphatic carbocycles. The van der Waals surface area contributed by atoms with E-state index < -0.39 is 9.84 Å². The molecule has 0 atom stereocenters. The molecule has 0 heterocycles. The largest absolute Gasteiger partial charge is 0.316 e. The molecular weight excluding hydrogens is 294 g/mol. The summed E-state index contributed by atoms with van der Waals surface area (Å²) in [7, 11) is -1.66. The number of rotatable bonds is 4. The van der Waals surface area contributed by atoms with Crippen LogP contribution in [0.1, 0.15) is 5.56 Å². The standard InChI is InChI=1S/C18H17NO2S/c1-19-13-14-9-11-16(12-10-14)22(20,21)18-8-4-6-15-5-2-3-7-17(15)18/h2-12,19H,13H2,1H3. The van der Waals surface area contributed by atoms with Crippen LogP contribution in [0.4, 0.5) is 0 Å². The van der Waals surface area contributed by atoms with Gasteiger partial charge in [0.15, 0.2) is 0 Å². The van der Waals surface area contributed by atoms with Crippen molar-refractivity contribution in [3.05, 3.63) is 72.3 Å². The molecule has 0 aromatic heterocycles. The van der Waals surface area contributed by atoms with Gasteiger partial charge in [-0.3, -0.25) is 0 Å². The third-order valence-corrected chi connectivity index (χ3v) is 5.48. The Morgan fingerprint density at radius 1 is 0.864 bits per heavy atom. The van der Waals surface area contributed by atoms with Gasteiger partial charge in [0.2, 0.25) is 9.84 Å². The molecule has 3 rings (SSSR count). The van der Waals surface area contributed by atoms with Crippen molar-refractivity contribution in [2.45, 2.75) is 16.3 Å². The van der Waals surface area contributed by atoms with Crippen LogP contribution in [0, 0.1) is 0 Å². The maximum atomic E-state index is 12.9. The lowest BCUT2D eigenvalue weighted by Crippen LogP contribution is -2.06. The summed E-state index contributed by atoms with van der Waals surface area (Å²) in [5.74, 6) is 0. The molecule has 0 fully saturated rings. The van der Waals surface area contributed by atoms with Crippen molar-refractivity contribution >= 4 is 20.6 Å². The van der Waals surface area contributed by atoms with Crippen LogP contribution in [0.25, 0.3) is 10.8 Å². The lowest BCUT2D eigenvalue weighted by molar-refractivity contribution is 0.597. The van der Waals surface area contributed by atoms with Crippen molar-refractivity contribution in [2.24, 2.45) is 0 Å². The van der Waals surface area contributed by atoms with Crippen LogP contribution in [0.5, 0.6) is 0 Å². The van der Waals surface area contributed by atoms with Crippen molar-refractivity contribution in [1.29, 1.82) is 0 Å². The zero-order valence-corrected chi connectivity index (χ0v) is 13.1. The van der Waals surface area contributed by atoms with Gasteiger partial charge in [-0.2, -0.15) is 0 Å². The molecule has 0 aliphatic heterocycles. The van der Waals surface area contributed by atoms with Gasteiger partial charge in [-0.15, -0.1) is 0 Å². The second-order valence-corrected chi connectivity index (χ2v) is 7.07. The van der Waals surface area contributed by atoms with Crippen LogP contribution < -0.4 is 5.32 Å². The topological polar surface area (TPSA) is 46.2 Å². The normalized spacial score (nSPS) is 11.7. The molecule has 0 radical (unpaired) electrons. The summed E-state index contributed by atoms with van der Waals surface area (Å²) in [6.07, 6.45) is 0. The van der Waals surface area contributed by atoms with Gasteiger partial charge in [-0.05, 0) is 36.2 Å². The van der Waals surface area contributed by atoms with Crippen molar-refractivity contribution in [2.75, 3.05) is 7.05 Å². The molecule has 4 heteroatoms. The number of hydrogen-bond acceptors (Lipinski definition) is 3. The predicted octanol–water partition coefficient (Wildman–Crippen LogP) is 3.39. The van der Waals surface area contributed by atoms with E-state index in [1.54, 1.807) is 24.3 Å². The second-order valence-electron chi connectivity index (χ2n) is 5.16. The van der Waals surface area contributed by atoms with E-state index in [2.05, 4.69) is 5.32 Å². The van der Waals surface area contributed by atoms with Crippen LogP contribution >= 0.6 is 0 Å². The lowest BCUT2D eigenvalue weighted by Gasteiger charge is -2.09. The summed E-state index contributed by atoms with van der Waals surface area (Å²) in [6, 6.07) is 19.9. The summed E-state index contributed by atoms with van der Waals surface area (Å²) in [6.45, 7) is 0.717. The first-order valence-corrected chi connectivity index (χ1v) is 8.57. The van der Waals surface area contributed by atoms with Gasteiger partial charge < -0.3 is 5.32 Å². The molecule has 0 amide bonds. The van der Waals surface area contributed by atoms with Gasteiger partial charge in [0.25, 0.3) is 0 Å². The molecule has 0 saturated heterocycles. The van der Waals surface area contributed by atoms with E-state index >= 15 is 0 Å². The van der Waals surface area contributed by atoms with Crippen LogP contribution in [0.2, 0.25) is 0 Å². The van der Waals surface area contributed by atoms with E-state index in [0.29, 0.717) is 16.3 Å². The molecule has 1 N–H and O–H groups in total. The monoisotopic (exact) mass is 311 g/mol. The average Bonchev–Trinajstić information content (AvgIpc) is 2.55. The zero-order chi connectivity index (χ0) is 15.6. The Morgan fingerprint density at radius 3 is 2.27 bits per heavy atom. The molecule has 0 spiro atoms. The maximum Gasteiger partial charge on any atom is 0.207 e. The SMILES string of the molecule is CNCc1ccc(S(=O)(=O)c2cccc3ccccc23)cc1. The van der Waals surface area contributed by atoms with Crippen LogP contribution in [-0.2, 0) is 16.4 Å². The van der Waals surface area contributed by atoms with E-state index in [9.17, 15) is 8.42 Å². The first-order chi connectivity index (χ1) is 10.6. The number of sulfone groups is 1. The quantitative estimate of drug-likeness (QED) is 0.803. The fraction of sp³-hybridized carbons (Fsp3) is 0.111. The number of fused-ring (bicyclic) bond motifs is 1. The zero-order valence-electron chi connectivity index (χ0n) is 12.3. The number of nitrogens with one attached hydrogen (secondary N) is 1.